The summed E-state index contributed by atoms with van der Waals surface area (Å²) in [4.78, 5) is 12.7. The molecule has 1 unspecified atom stereocenters. The number of hydrogen-bond acceptors (Lipinski definition) is 3. The van der Waals surface area contributed by atoms with Crippen LogP contribution in [0.3, 0.4) is 0 Å². The molecule has 15 heavy (non-hydrogen) atoms. The number of carbonyl (C=O) groups is 1. The van der Waals surface area contributed by atoms with Gasteiger partial charge in [0.25, 0.3) is 0 Å². The predicted octanol–water partition coefficient (Wildman–Crippen LogP) is 1.84. The first kappa shape index (κ1) is 12.6. The van der Waals surface area contributed by atoms with E-state index in [-0.39, 0.29) is 6.42 Å². The number of piperidine rings is 1. The molecule has 86 valence electrons. The maximum atomic E-state index is 10.5. The zero-order valence-corrected chi connectivity index (χ0v) is 9.84. The first-order valence-electron chi connectivity index (χ1n) is 5.39. The SMILES string of the molecule is C=CCSC1CCCN(CCC(=O)O)C1. The van der Waals surface area contributed by atoms with Crippen LogP contribution in [0.2, 0.25) is 0 Å². The van der Waals surface area contributed by atoms with Gasteiger partial charge < -0.3 is 10.0 Å². The average molecular weight is 229 g/mol. The summed E-state index contributed by atoms with van der Waals surface area (Å²) in [5.41, 5.74) is 0. The van der Waals surface area contributed by atoms with Gasteiger partial charge in [-0.25, -0.2) is 0 Å². The van der Waals surface area contributed by atoms with Crippen molar-refractivity contribution in [3.8, 4) is 0 Å². The Kier molecular flexibility index (Phi) is 5.79. The molecule has 1 aliphatic heterocycles. The van der Waals surface area contributed by atoms with Crippen molar-refractivity contribution in [2.24, 2.45) is 0 Å². The van der Waals surface area contributed by atoms with E-state index in [0.717, 1.165) is 18.8 Å². The number of nitrogens with zero attached hydrogens (tertiary/aromatic N) is 1. The second-order valence-electron chi connectivity index (χ2n) is 3.83. The first-order chi connectivity index (χ1) is 7.22. The minimum absolute atomic E-state index is 0.263. The van der Waals surface area contributed by atoms with Gasteiger partial charge in [0, 0.05) is 24.1 Å². The van der Waals surface area contributed by atoms with E-state index in [1.54, 1.807) is 0 Å². The number of aliphatic carboxylic acids is 1. The summed E-state index contributed by atoms with van der Waals surface area (Å²) < 4.78 is 0. The normalized spacial score (nSPS) is 22.5. The van der Waals surface area contributed by atoms with E-state index in [0.29, 0.717) is 11.8 Å². The fourth-order valence-corrected chi connectivity index (χ4v) is 2.87. The topological polar surface area (TPSA) is 40.5 Å². The van der Waals surface area contributed by atoms with E-state index in [1.807, 2.05) is 17.8 Å². The van der Waals surface area contributed by atoms with Gasteiger partial charge in [-0.1, -0.05) is 6.08 Å². The Morgan fingerprint density at radius 3 is 3.13 bits per heavy atom. The van der Waals surface area contributed by atoms with E-state index in [9.17, 15) is 4.79 Å². The molecule has 0 aromatic heterocycles. The molecule has 0 bridgehead atoms. The highest BCUT2D eigenvalue weighted by molar-refractivity contribution is 8.00. The molecule has 0 spiro atoms. The summed E-state index contributed by atoms with van der Waals surface area (Å²) in [5.74, 6) is 0.299. The molecule has 1 atom stereocenters. The smallest absolute Gasteiger partial charge is 0.304 e. The van der Waals surface area contributed by atoms with Crippen LogP contribution in [0.25, 0.3) is 0 Å². The molecule has 1 saturated heterocycles. The standard InChI is InChI=1S/C11H19NO2S/c1-2-8-15-10-4-3-6-12(9-10)7-5-11(13)14/h2,10H,1,3-9H2,(H,13,14). The predicted molar refractivity (Wildman–Crippen MR) is 64.4 cm³/mol. The van der Waals surface area contributed by atoms with Gasteiger partial charge in [0.05, 0.1) is 6.42 Å². The van der Waals surface area contributed by atoms with Gasteiger partial charge in [-0.05, 0) is 19.4 Å². The highest BCUT2D eigenvalue weighted by atomic mass is 32.2. The minimum Gasteiger partial charge on any atom is -0.481 e. The number of likely N-dealkylation sites (tertiary alicyclic amines) is 1. The summed E-state index contributed by atoms with van der Waals surface area (Å²) >= 11 is 1.93. The maximum absolute atomic E-state index is 10.5. The van der Waals surface area contributed by atoms with Crippen LogP contribution >= 0.6 is 11.8 Å². The van der Waals surface area contributed by atoms with E-state index in [2.05, 4.69) is 11.5 Å². The third-order valence-electron chi connectivity index (χ3n) is 2.55. The molecule has 0 amide bonds. The van der Waals surface area contributed by atoms with Gasteiger partial charge in [0.2, 0.25) is 0 Å². The monoisotopic (exact) mass is 229 g/mol. The van der Waals surface area contributed by atoms with Crippen LogP contribution < -0.4 is 0 Å². The van der Waals surface area contributed by atoms with Crippen LogP contribution in [0.4, 0.5) is 0 Å². The molecular formula is C11H19NO2S. The van der Waals surface area contributed by atoms with Crippen molar-refractivity contribution < 1.29 is 9.90 Å². The van der Waals surface area contributed by atoms with Gasteiger partial charge in [-0.3, -0.25) is 4.79 Å². The van der Waals surface area contributed by atoms with Crippen LogP contribution in [0, 0.1) is 0 Å². The lowest BCUT2D eigenvalue weighted by Gasteiger charge is -2.31. The van der Waals surface area contributed by atoms with E-state index < -0.39 is 5.97 Å². The van der Waals surface area contributed by atoms with E-state index >= 15 is 0 Å². The Bertz CT molecular complexity index is 221. The molecule has 0 aromatic carbocycles. The number of carboxylic acids is 1. The zero-order valence-electron chi connectivity index (χ0n) is 9.02. The van der Waals surface area contributed by atoms with Crippen molar-refractivity contribution in [1.29, 1.82) is 0 Å². The minimum atomic E-state index is -0.698. The van der Waals surface area contributed by atoms with Crippen LogP contribution in [0.5, 0.6) is 0 Å². The van der Waals surface area contributed by atoms with Crippen LogP contribution in [0.1, 0.15) is 19.3 Å². The van der Waals surface area contributed by atoms with E-state index in [1.165, 1.54) is 12.8 Å². The fraction of sp³-hybridized carbons (Fsp3) is 0.727. The Morgan fingerprint density at radius 1 is 1.67 bits per heavy atom. The zero-order chi connectivity index (χ0) is 11.1. The number of thioether (sulfide) groups is 1. The lowest BCUT2D eigenvalue weighted by atomic mass is 10.1. The molecule has 1 aliphatic rings. The van der Waals surface area contributed by atoms with Crippen molar-refractivity contribution in [1.82, 2.24) is 4.90 Å². The second-order valence-corrected chi connectivity index (χ2v) is 5.16. The summed E-state index contributed by atoms with van der Waals surface area (Å²) in [6.45, 7) is 6.49. The lowest BCUT2D eigenvalue weighted by molar-refractivity contribution is -0.137. The van der Waals surface area contributed by atoms with Crippen LogP contribution in [-0.2, 0) is 4.79 Å². The molecule has 1 N–H and O–H groups in total. The van der Waals surface area contributed by atoms with E-state index in [4.69, 9.17) is 5.11 Å². The van der Waals surface area contributed by atoms with Crippen molar-refractivity contribution in [3.63, 3.8) is 0 Å². The molecule has 1 heterocycles. The van der Waals surface area contributed by atoms with Crippen molar-refractivity contribution in [2.75, 3.05) is 25.4 Å². The number of hydrogen-bond donors (Lipinski definition) is 1. The summed E-state index contributed by atoms with van der Waals surface area (Å²) in [6.07, 6.45) is 4.64. The molecule has 0 saturated carbocycles. The molecule has 0 aliphatic carbocycles. The molecule has 1 rings (SSSR count). The van der Waals surface area contributed by atoms with Crippen molar-refractivity contribution in [3.05, 3.63) is 12.7 Å². The number of carboxylic acid groups (broad SMARTS) is 1. The number of rotatable bonds is 6. The van der Waals surface area contributed by atoms with Crippen molar-refractivity contribution >= 4 is 17.7 Å². The quantitative estimate of drug-likeness (QED) is 0.706. The summed E-state index contributed by atoms with van der Waals surface area (Å²) in [7, 11) is 0. The summed E-state index contributed by atoms with van der Waals surface area (Å²) in [6, 6.07) is 0. The third-order valence-corrected chi connectivity index (χ3v) is 3.84. The van der Waals surface area contributed by atoms with Crippen LogP contribution in [0.15, 0.2) is 12.7 Å². The molecule has 1 fully saturated rings. The lowest BCUT2D eigenvalue weighted by Crippen LogP contribution is -2.38. The Labute approximate surface area is 95.5 Å². The van der Waals surface area contributed by atoms with Gasteiger partial charge in [-0.2, -0.15) is 11.8 Å². The average Bonchev–Trinajstić information content (AvgIpc) is 2.24. The van der Waals surface area contributed by atoms with Crippen molar-refractivity contribution in [2.45, 2.75) is 24.5 Å². The van der Waals surface area contributed by atoms with Crippen LogP contribution in [-0.4, -0.2) is 46.6 Å². The highest BCUT2D eigenvalue weighted by Gasteiger charge is 2.19. The molecule has 0 radical (unpaired) electrons. The third kappa shape index (κ3) is 5.23. The summed E-state index contributed by atoms with van der Waals surface area (Å²) in [5, 5.41) is 9.26. The van der Waals surface area contributed by atoms with Gasteiger partial charge >= 0.3 is 5.97 Å². The highest BCUT2D eigenvalue weighted by Crippen LogP contribution is 2.22. The maximum Gasteiger partial charge on any atom is 0.304 e. The largest absolute Gasteiger partial charge is 0.481 e. The Balaban J connectivity index is 2.22. The van der Waals surface area contributed by atoms with Gasteiger partial charge in [0.15, 0.2) is 0 Å². The Hall–Kier alpha value is -0.480. The fourth-order valence-electron chi connectivity index (χ4n) is 1.81. The molecule has 4 heteroatoms. The van der Waals surface area contributed by atoms with Gasteiger partial charge in [0.1, 0.15) is 0 Å². The molecular weight excluding hydrogens is 210 g/mol. The molecule has 3 nitrogen and oxygen atoms in total. The second kappa shape index (κ2) is 6.90. The Morgan fingerprint density at radius 2 is 2.47 bits per heavy atom. The molecule has 0 aromatic rings. The van der Waals surface area contributed by atoms with Gasteiger partial charge in [-0.15, -0.1) is 6.58 Å². The first-order valence-corrected chi connectivity index (χ1v) is 6.44.